The molecular formula is C16H25N3O2S. The van der Waals surface area contributed by atoms with Gasteiger partial charge in [0.15, 0.2) is 0 Å². The molecule has 1 aliphatic heterocycles. The van der Waals surface area contributed by atoms with Crippen molar-refractivity contribution in [3.63, 3.8) is 0 Å². The zero-order valence-corrected chi connectivity index (χ0v) is 14.4. The summed E-state index contributed by atoms with van der Waals surface area (Å²) in [5, 5.41) is 4.91. The Labute approximate surface area is 136 Å². The van der Waals surface area contributed by atoms with Gasteiger partial charge in [0, 0.05) is 31.7 Å². The molecule has 5 nitrogen and oxygen atoms in total. The molecule has 0 bridgehead atoms. The summed E-state index contributed by atoms with van der Waals surface area (Å²) in [5.41, 5.74) is -0.204. The molecule has 1 aromatic rings. The monoisotopic (exact) mass is 323 g/mol. The predicted octanol–water partition coefficient (Wildman–Crippen LogP) is 1.81. The second kappa shape index (κ2) is 7.24. The first kappa shape index (κ1) is 17.0. The molecule has 1 aromatic heterocycles. The lowest BCUT2D eigenvalue weighted by atomic mass is 10.1. The molecule has 0 radical (unpaired) electrons. The van der Waals surface area contributed by atoms with E-state index in [1.807, 2.05) is 43.2 Å². The Balaban J connectivity index is 1.85. The minimum Gasteiger partial charge on any atom is -0.350 e. The van der Waals surface area contributed by atoms with E-state index in [9.17, 15) is 9.59 Å². The summed E-state index contributed by atoms with van der Waals surface area (Å²) in [5.74, 6) is 0.154. The van der Waals surface area contributed by atoms with Crippen molar-refractivity contribution in [1.82, 2.24) is 15.1 Å². The SMILES string of the molecule is CC(C)(C)NC(=O)CN1CCCN(C(=O)c2cccs2)CC1. The van der Waals surface area contributed by atoms with E-state index in [2.05, 4.69) is 10.2 Å². The number of thiophene rings is 1. The Morgan fingerprint density at radius 3 is 2.64 bits per heavy atom. The molecule has 0 saturated carbocycles. The number of amides is 2. The largest absolute Gasteiger partial charge is 0.350 e. The highest BCUT2D eigenvalue weighted by molar-refractivity contribution is 7.12. The molecular weight excluding hydrogens is 298 g/mol. The van der Waals surface area contributed by atoms with Crippen molar-refractivity contribution in [3.8, 4) is 0 Å². The summed E-state index contributed by atoms with van der Waals surface area (Å²) >= 11 is 1.48. The Kier molecular flexibility index (Phi) is 5.58. The fourth-order valence-corrected chi connectivity index (χ4v) is 3.24. The number of hydrogen-bond donors (Lipinski definition) is 1. The van der Waals surface area contributed by atoms with Crippen LogP contribution in [-0.4, -0.2) is 59.9 Å². The van der Waals surface area contributed by atoms with Gasteiger partial charge in [0.2, 0.25) is 5.91 Å². The van der Waals surface area contributed by atoms with E-state index in [0.717, 1.165) is 30.9 Å². The quantitative estimate of drug-likeness (QED) is 0.923. The van der Waals surface area contributed by atoms with Crippen LogP contribution in [0.3, 0.4) is 0 Å². The van der Waals surface area contributed by atoms with E-state index >= 15 is 0 Å². The summed E-state index contributed by atoms with van der Waals surface area (Å²) in [4.78, 5) is 29.2. The summed E-state index contributed by atoms with van der Waals surface area (Å²) in [6.07, 6.45) is 0.903. The van der Waals surface area contributed by atoms with Crippen molar-refractivity contribution < 1.29 is 9.59 Å². The Morgan fingerprint density at radius 2 is 2.00 bits per heavy atom. The maximum atomic E-state index is 12.4. The van der Waals surface area contributed by atoms with Crippen LogP contribution in [-0.2, 0) is 4.79 Å². The Bertz CT molecular complexity index is 508. The molecule has 22 heavy (non-hydrogen) atoms. The molecule has 1 N–H and O–H groups in total. The molecule has 0 unspecified atom stereocenters. The van der Waals surface area contributed by atoms with E-state index in [1.165, 1.54) is 11.3 Å². The van der Waals surface area contributed by atoms with Crippen molar-refractivity contribution in [3.05, 3.63) is 22.4 Å². The van der Waals surface area contributed by atoms with Gasteiger partial charge in [-0.2, -0.15) is 0 Å². The van der Waals surface area contributed by atoms with Gasteiger partial charge in [0.05, 0.1) is 11.4 Å². The highest BCUT2D eigenvalue weighted by Crippen LogP contribution is 2.14. The highest BCUT2D eigenvalue weighted by atomic mass is 32.1. The lowest BCUT2D eigenvalue weighted by Crippen LogP contribution is -2.46. The minimum atomic E-state index is -0.204. The first-order valence-electron chi connectivity index (χ1n) is 7.71. The zero-order chi connectivity index (χ0) is 16.2. The molecule has 6 heteroatoms. The van der Waals surface area contributed by atoms with Crippen LogP contribution in [0.25, 0.3) is 0 Å². The second-order valence-electron chi connectivity index (χ2n) is 6.70. The summed E-state index contributed by atoms with van der Waals surface area (Å²) in [6.45, 7) is 9.38. The van der Waals surface area contributed by atoms with Gasteiger partial charge in [0.1, 0.15) is 0 Å². The van der Waals surface area contributed by atoms with E-state index in [-0.39, 0.29) is 17.4 Å². The maximum absolute atomic E-state index is 12.4. The summed E-state index contributed by atoms with van der Waals surface area (Å²) in [7, 11) is 0. The molecule has 0 aliphatic carbocycles. The number of nitrogens with zero attached hydrogens (tertiary/aromatic N) is 2. The van der Waals surface area contributed by atoms with Gasteiger partial charge in [-0.1, -0.05) is 6.07 Å². The number of carbonyl (C=O) groups excluding carboxylic acids is 2. The third kappa shape index (κ3) is 5.10. The van der Waals surface area contributed by atoms with E-state index in [0.29, 0.717) is 13.1 Å². The minimum absolute atomic E-state index is 0.0468. The van der Waals surface area contributed by atoms with Gasteiger partial charge in [-0.3, -0.25) is 14.5 Å². The maximum Gasteiger partial charge on any atom is 0.263 e. The Morgan fingerprint density at radius 1 is 1.23 bits per heavy atom. The van der Waals surface area contributed by atoms with Crippen LogP contribution in [0.15, 0.2) is 17.5 Å². The first-order valence-corrected chi connectivity index (χ1v) is 8.59. The first-order chi connectivity index (χ1) is 10.3. The molecule has 0 aromatic carbocycles. The van der Waals surface area contributed by atoms with Crippen molar-refractivity contribution in [2.45, 2.75) is 32.7 Å². The average molecular weight is 323 g/mol. The average Bonchev–Trinajstić information content (AvgIpc) is 2.84. The third-order valence-corrected chi connectivity index (χ3v) is 4.35. The number of nitrogens with one attached hydrogen (secondary N) is 1. The van der Waals surface area contributed by atoms with Gasteiger partial charge in [-0.05, 0) is 38.6 Å². The van der Waals surface area contributed by atoms with Crippen molar-refractivity contribution in [2.75, 3.05) is 32.7 Å². The standard InChI is InChI=1S/C16H25N3O2S/c1-16(2,3)17-14(20)12-18-7-5-8-19(10-9-18)15(21)13-6-4-11-22-13/h4,6,11H,5,7-10,12H2,1-3H3,(H,17,20). The van der Waals surface area contributed by atoms with Gasteiger partial charge in [0.25, 0.3) is 5.91 Å². The van der Waals surface area contributed by atoms with Crippen LogP contribution in [0, 0.1) is 0 Å². The fourth-order valence-electron chi connectivity index (χ4n) is 2.55. The molecule has 1 aliphatic rings. The molecule has 2 heterocycles. The van der Waals surface area contributed by atoms with Crippen LogP contribution in [0.4, 0.5) is 0 Å². The molecule has 122 valence electrons. The van der Waals surface area contributed by atoms with Gasteiger partial charge in [-0.15, -0.1) is 11.3 Å². The lowest BCUT2D eigenvalue weighted by molar-refractivity contribution is -0.123. The second-order valence-corrected chi connectivity index (χ2v) is 7.65. The number of rotatable bonds is 3. The molecule has 0 spiro atoms. The van der Waals surface area contributed by atoms with Crippen LogP contribution in [0.2, 0.25) is 0 Å². The summed E-state index contributed by atoms with van der Waals surface area (Å²) in [6, 6.07) is 3.77. The van der Waals surface area contributed by atoms with Gasteiger partial charge < -0.3 is 10.2 Å². The molecule has 1 fully saturated rings. The molecule has 0 atom stereocenters. The van der Waals surface area contributed by atoms with Crippen LogP contribution in [0.1, 0.15) is 36.9 Å². The third-order valence-electron chi connectivity index (χ3n) is 3.49. The number of hydrogen-bond acceptors (Lipinski definition) is 4. The zero-order valence-electron chi connectivity index (χ0n) is 13.6. The van der Waals surface area contributed by atoms with Crippen molar-refractivity contribution >= 4 is 23.2 Å². The van der Waals surface area contributed by atoms with Crippen LogP contribution < -0.4 is 5.32 Å². The van der Waals surface area contributed by atoms with E-state index in [1.54, 1.807) is 0 Å². The van der Waals surface area contributed by atoms with Crippen LogP contribution >= 0.6 is 11.3 Å². The molecule has 1 saturated heterocycles. The normalized spacial score (nSPS) is 17.1. The topological polar surface area (TPSA) is 52.7 Å². The molecule has 2 rings (SSSR count). The fraction of sp³-hybridized carbons (Fsp3) is 0.625. The Hall–Kier alpha value is -1.40. The van der Waals surface area contributed by atoms with Crippen LogP contribution in [0.5, 0.6) is 0 Å². The van der Waals surface area contributed by atoms with Crippen molar-refractivity contribution in [1.29, 1.82) is 0 Å². The van der Waals surface area contributed by atoms with E-state index < -0.39 is 0 Å². The van der Waals surface area contributed by atoms with Crippen molar-refractivity contribution in [2.24, 2.45) is 0 Å². The smallest absolute Gasteiger partial charge is 0.263 e. The summed E-state index contributed by atoms with van der Waals surface area (Å²) < 4.78 is 0. The highest BCUT2D eigenvalue weighted by Gasteiger charge is 2.22. The van der Waals surface area contributed by atoms with Gasteiger partial charge in [-0.25, -0.2) is 0 Å². The lowest BCUT2D eigenvalue weighted by Gasteiger charge is -2.25. The molecule has 2 amide bonds. The van der Waals surface area contributed by atoms with Gasteiger partial charge >= 0.3 is 0 Å². The predicted molar refractivity (Wildman–Crippen MR) is 89.2 cm³/mol. The number of carbonyl (C=O) groups is 2. The van der Waals surface area contributed by atoms with E-state index in [4.69, 9.17) is 0 Å².